The van der Waals surface area contributed by atoms with Crippen LogP contribution in [0.25, 0.3) is 0 Å². The molecule has 0 aromatic heterocycles. The summed E-state index contributed by atoms with van der Waals surface area (Å²) in [6.07, 6.45) is 9.30. The van der Waals surface area contributed by atoms with Crippen LogP contribution >= 0.6 is 17.0 Å². The summed E-state index contributed by atoms with van der Waals surface area (Å²) in [7, 11) is 0. The molecule has 1 N–H and O–H groups in total. The summed E-state index contributed by atoms with van der Waals surface area (Å²) >= 11 is 0. The molecule has 122 valence electrons. The second kappa shape index (κ2) is 8.75. The van der Waals surface area contributed by atoms with Crippen LogP contribution in [0.5, 0.6) is 0 Å². The van der Waals surface area contributed by atoms with Gasteiger partial charge in [0.25, 0.3) is 0 Å². The van der Waals surface area contributed by atoms with Crippen molar-refractivity contribution in [2.75, 3.05) is 6.54 Å². The van der Waals surface area contributed by atoms with Crippen molar-refractivity contribution in [1.82, 2.24) is 4.90 Å². The average molecular weight is 350 g/mol. The minimum atomic E-state index is -0.0765. The highest BCUT2D eigenvalue weighted by atomic mass is 79.9. The molecule has 0 spiro atoms. The minimum Gasteiger partial charge on any atom is -0.393 e. The van der Waals surface area contributed by atoms with E-state index in [2.05, 4.69) is 39.5 Å². The predicted octanol–water partition coefficient (Wildman–Crippen LogP) is 4.94. The number of nitrogens with zero attached hydrogens (tertiary/aromatic N) is 1. The number of aliphatic hydroxyl groups excluding tert-OH is 1. The molecule has 1 saturated heterocycles. The lowest BCUT2D eigenvalue weighted by molar-refractivity contribution is -0.0280. The van der Waals surface area contributed by atoms with E-state index in [9.17, 15) is 5.11 Å². The van der Waals surface area contributed by atoms with Gasteiger partial charge in [-0.15, -0.1) is 17.0 Å². The van der Waals surface area contributed by atoms with Crippen molar-refractivity contribution >= 4 is 17.0 Å². The van der Waals surface area contributed by atoms with Gasteiger partial charge < -0.3 is 5.11 Å². The SMILES string of the molecule is Br.CCCC(O)CCCCN1C(C)(C)CCCC1(C)C. The summed E-state index contributed by atoms with van der Waals surface area (Å²) in [4.78, 5) is 2.70. The fourth-order valence-electron chi connectivity index (χ4n) is 3.78. The molecule has 0 saturated carbocycles. The summed E-state index contributed by atoms with van der Waals surface area (Å²) in [6, 6.07) is 0. The monoisotopic (exact) mass is 349 g/mol. The number of aliphatic hydroxyl groups is 1. The first kappa shape index (κ1) is 20.4. The lowest BCUT2D eigenvalue weighted by atomic mass is 9.79. The van der Waals surface area contributed by atoms with Crippen molar-refractivity contribution in [1.29, 1.82) is 0 Å². The topological polar surface area (TPSA) is 23.5 Å². The molecule has 0 bridgehead atoms. The molecule has 3 heteroatoms. The van der Waals surface area contributed by atoms with Crippen LogP contribution in [0.15, 0.2) is 0 Å². The predicted molar refractivity (Wildman–Crippen MR) is 93.8 cm³/mol. The molecule has 0 radical (unpaired) electrons. The van der Waals surface area contributed by atoms with Gasteiger partial charge in [-0.3, -0.25) is 4.90 Å². The highest BCUT2D eigenvalue weighted by Gasteiger charge is 2.40. The Bertz CT molecular complexity index is 250. The first-order chi connectivity index (χ1) is 8.79. The first-order valence-electron chi connectivity index (χ1n) is 8.25. The van der Waals surface area contributed by atoms with E-state index in [1.165, 1.54) is 32.2 Å². The van der Waals surface area contributed by atoms with Crippen molar-refractivity contribution in [3.8, 4) is 0 Å². The zero-order chi connectivity index (χ0) is 14.5. The quantitative estimate of drug-likeness (QED) is 0.658. The molecule has 1 aliphatic rings. The molecule has 20 heavy (non-hydrogen) atoms. The van der Waals surface area contributed by atoms with Crippen molar-refractivity contribution < 1.29 is 5.11 Å². The summed E-state index contributed by atoms with van der Waals surface area (Å²) in [5.74, 6) is 0. The van der Waals surface area contributed by atoms with Gasteiger partial charge in [0.1, 0.15) is 0 Å². The third kappa shape index (κ3) is 6.03. The maximum Gasteiger partial charge on any atom is 0.0540 e. The van der Waals surface area contributed by atoms with E-state index < -0.39 is 0 Å². The minimum absolute atomic E-state index is 0. The van der Waals surface area contributed by atoms with E-state index in [-0.39, 0.29) is 23.1 Å². The second-order valence-corrected chi connectivity index (χ2v) is 7.57. The molecule has 1 fully saturated rings. The van der Waals surface area contributed by atoms with Crippen LogP contribution in [0.4, 0.5) is 0 Å². The largest absolute Gasteiger partial charge is 0.393 e. The summed E-state index contributed by atoms with van der Waals surface area (Å²) in [5.41, 5.74) is 0.674. The average Bonchev–Trinajstić information content (AvgIpc) is 2.26. The Morgan fingerprint density at radius 2 is 1.55 bits per heavy atom. The maximum absolute atomic E-state index is 9.78. The summed E-state index contributed by atoms with van der Waals surface area (Å²) < 4.78 is 0. The van der Waals surface area contributed by atoms with Gasteiger partial charge in [0.15, 0.2) is 0 Å². The van der Waals surface area contributed by atoms with Gasteiger partial charge in [0, 0.05) is 11.1 Å². The number of piperidine rings is 1. The molecule has 0 amide bonds. The molecule has 0 aromatic carbocycles. The Kier molecular flexibility index (Phi) is 8.92. The lowest BCUT2D eigenvalue weighted by Crippen LogP contribution is -2.58. The van der Waals surface area contributed by atoms with Crippen molar-refractivity contribution in [3.63, 3.8) is 0 Å². The number of hydrogen-bond donors (Lipinski definition) is 1. The molecular weight excluding hydrogens is 314 g/mol. The fourth-order valence-corrected chi connectivity index (χ4v) is 3.78. The molecule has 1 unspecified atom stereocenters. The third-order valence-electron chi connectivity index (χ3n) is 4.83. The van der Waals surface area contributed by atoms with Gasteiger partial charge in [-0.25, -0.2) is 0 Å². The van der Waals surface area contributed by atoms with Crippen LogP contribution in [-0.2, 0) is 0 Å². The molecule has 1 aliphatic heterocycles. The molecule has 0 aliphatic carbocycles. The van der Waals surface area contributed by atoms with E-state index in [0.29, 0.717) is 11.1 Å². The smallest absolute Gasteiger partial charge is 0.0540 e. The van der Waals surface area contributed by atoms with Gasteiger partial charge in [0.2, 0.25) is 0 Å². The summed E-state index contributed by atoms with van der Waals surface area (Å²) in [6.45, 7) is 12.9. The van der Waals surface area contributed by atoms with Gasteiger partial charge in [-0.2, -0.15) is 0 Å². The highest BCUT2D eigenvalue weighted by Crippen LogP contribution is 2.38. The standard InChI is InChI=1S/C17H35NO.BrH/c1-6-10-15(19)11-7-8-14-18-16(2,3)12-9-13-17(18,4)5;/h15,19H,6-14H2,1-5H3;1H. The van der Waals surface area contributed by atoms with Crippen LogP contribution in [0.1, 0.15) is 86.0 Å². The Morgan fingerprint density at radius 1 is 1.00 bits per heavy atom. The molecule has 1 rings (SSSR count). The van der Waals surface area contributed by atoms with E-state index in [4.69, 9.17) is 0 Å². The highest BCUT2D eigenvalue weighted by molar-refractivity contribution is 8.93. The number of halogens is 1. The summed E-state index contributed by atoms with van der Waals surface area (Å²) in [5, 5.41) is 9.78. The number of hydrogen-bond acceptors (Lipinski definition) is 2. The first-order valence-corrected chi connectivity index (χ1v) is 8.25. The zero-order valence-corrected chi connectivity index (χ0v) is 16.0. The van der Waals surface area contributed by atoms with Crippen molar-refractivity contribution in [2.45, 2.75) is 103 Å². The van der Waals surface area contributed by atoms with E-state index in [1.54, 1.807) is 0 Å². The second-order valence-electron chi connectivity index (χ2n) is 7.57. The van der Waals surface area contributed by atoms with E-state index >= 15 is 0 Å². The van der Waals surface area contributed by atoms with Crippen LogP contribution in [0.3, 0.4) is 0 Å². The molecule has 0 aromatic rings. The van der Waals surface area contributed by atoms with Gasteiger partial charge in [-0.1, -0.05) is 13.3 Å². The Labute approximate surface area is 137 Å². The van der Waals surface area contributed by atoms with Gasteiger partial charge >= 0.3 is 0 Å². The van der Waals surface area contributed by atoms with Crippen LogP contribution in [0, 0.1) is 0 Å². The number of rotatable bonds is 7. The Hall–Kier alpha value is 0.400. The Balaban J connectivity index is 0.00000361. The zero-order valence-electron chi connectivity index (χ0n) is 14.2. The van der Waals surface area contributed by atoms with Crippen LogP contribution in [0.2, 0.25) is 0 Å². The number of unbranched alkanes of at least 4 members (excludes halogenated alkanes) is 1. The lowest BCUT2D eigenvalue weighted by Gasteiger charge is -2.53. The third-order valence-corrected chi connectivity index (χ3v) is 4.83. The Morgan fingerprint density at radius 3 is 2.05 bits per heavy atom. The molecular formula is C17H36BrNO. The normalized spacial score (nSPS) is 23.1. The van der Waals surface area contributed by atoms with E-state index in [1.807, 2.05) is 0 Å². The van der Waals surface area contributed by atoms with Crippen molar-refractivity contribution in [3.05, 3.63) is 0 Å². The van der Waals surface area contributed by atoms with Crippen LogP contribution in [-0.4, -0.2) is 33.7 Å². The molecule has 1 heterocycles. The van der Waals surface area contributed by atoms with Crippen molar-refractivity contribution in [2.24, 2.45) is 0 Å². The number of likely N-dealkylation sites (tertiary alicyclic amines) is 1. The van der Waals surface area contributed by atoms with Gasteiger partial charge in [0.05, 0.1) is 6.10 Å². The maximum atomic E-state index is 9.78. The van der Waals surface area contributed by atoms with E-state index in [0.717, 1.165) is 25.7 Å². The van der Waals surface area contributed by atoms with Gasteiger partial charge in [-0.05, 0) is 79.2 Å². The fraction of sp³-hybridized carbons (Fsp3) is 1.00. The molecule has 1 atom stereocenters. The molecule has 2 nitrogen and oxygen atoms in total. The van der Waals surface area contributed by atoms with Crippen LogP contribution < -0.4 is 0 Å².